The largest absolute Gasteiger partial charge is 0.481 e. The van der Waals surface area contributed by atoms with Gasteiger partial charge >= 0.3 is 5.97 Å². The molecule has 5 atom stereocenters. The van der Waals surface area contributed by atoms with Crippen LogP contribution in [-0.4, -0.2) is 35.4 Å². The molecule has 0 aromatic rings. The highest BCUT2D eigenvalue weighted by Gasteiger charge is 2.50. The predicted octanol–water partition coefficient (Wildman–Crippen LogP) is 0.704. The van der Waals surface area contributed by atoms with E-state index in [0.717, 1.165) is 12.8 Å². The van der Waals surface area contributed by atoms with Gasteiger partial charge in [-0.25, -0.2) is 0 Å². The van der Waals surface area contributed by atoms with Crippen LogP contribution in [0.4, 0.5) is 0 Å². The molecule has 0 amide bonds. The Labute approximate surface area is 96.0 Å². The summed E-state index contributed by atoms with van der Waals surface area (Å²) < 4.78 is 0. The van der Waals surface area contributed by atoms with Gasteiger partial charge in [-0.2, -0.15) is 0 Å². The van der Waals surface area contributed by atoms with E-state index < -0.39 is 5.97 Å². The Bertz CT molecular complexity index is 269. The number of hydrogen-bond acceptors (Lipinski definition) is 3. The van der Waals surface area contributed by atoms with Crippen LogP contribution in [-0.2, 0) is 4.79 Å². The third-order valence-electron chi connectivity index (χ3n) is 4.22. The fourth-order valence-electron chi connectivity index (χ4n) is 3.34. The first-order valence-electron chi connectivity index (χ1n) is 6.20. The summed E-state index contributed by atoms with van der Waals surface area (Å²) in [5, 5.41) is 21.6. The zero-order chi connectivity index (χ0) is 11.7. The van der Waals surface area contributed by atoms with Crippen molar-refractivity contribution in [1.29, 1.82) is 0 Å². The van der Waals surface area contributed by atoms with E-state index in [1.54, 1.807) is 0 Å². The number of nitrogens with one attached hydrogen (secondary N) is 1. The number of carboxylic acids is 1. The molecule has 2 fully saturated rings. The molecule has 2 aliphatic carbocycles. The van der Waals surface area contributed by atoms with Crippen molar-refractivity contribution in [2.45, 2.75) is 32.2 Å². The van der Waals surface area contributed by atoms with Gasteiger partial charge in [0.15, 0.2) is 0 Å². The zero-order valence-electron chi connectivity index (χ0n) is 9.72. The molecule has 0 spiro atoms. The van der Waals surface area contributed by atoms with Crippen LogP contribution >= 0.6 is 0 Å². The molecule has 0 aliphatic heterocycles. The van der Waals surface area contributed by atoms with Gasteiger partial charge in [-0.3, -0.25) is 4.79 Å². The normalized spacial score (nSPS) is 38.9. The summed E-state index contributed by atoms with van der Waals surface area (Å²) in [6.45, 7) is 2.84. The Balaban J connectivity index is 1.94. The molecule has 5 unspecified atom stereocenters. The van der Waals surface area contributed by atoms with Crippen LogP contribution < -0.4 is 5.32 Å². The Morgan fingerprint density at radius 1 is 1.44 bits per heavy atom. The first-order valence-corrected chi connectivity index (χ1v) is 6.20. The standard InChI is InChI=1S/C12H21NO3/c1-7(6-14)5-13-11-9-3-2-8(4-9)10(11)12(15)16/h7-11,13-14H,2-6H2,1H3,(H,15,16). The fourth-order valence-corrected chi connectivity index (χ4v) is 3.34. The Morgan fingerprint density at radius 3 is 2.75 bits per heavy atom. The van der Waals surface area contributed by atoms with Crippen LogP contribution in [0.15, 0.2) is 0 Å². The molecule has 2 aliphatic rings. The SMILES string of the molecule is CC(CO)CNC1C2CCC(C2)C1C(=O)O. The van der Waals surface area contributed by atoms with Gasteiger partial charge in [0.05, 0.1) is 5.92 Å². The van der Waals surface area contributed by atoms with Gasteiger partial charge in [-0.05, 0) is 37.0 Å². The van der Waals surface area contributed by atoms with E-state index in [-0.39, 0.29) is 24.5 Å². The van der Waals surface area contributed by atoms with Crippen LogP contribution in [0.25, 0.3) is 0 Å². The number of aliphatic hydroxyl groups excluding tert-OH is 1. The molecule has 0 saturated heterocycles. The summed E-state index contributed by atoms with van der Waals surface area (Å²) in [5.74, 6) is 0.265. The van der Waals surface area contributed by atoms with Crippen molar-refractivity contribution in [2.24, 2.45) is 23.7 Å². The Hall–Kier alpha value is -0.610. The van der Waals surface area contributed by atoms with Crippen LogP contribution in [0, 0.1) is 23.7 Å². The second-order valence-corrected chi connectivity index (χ2v) is 5.42. The van der Waals surface area contributed by atoms with E-state index in [9.17, 15) is 9.90 Å². The van der Waals surface area contributed by atoms with Crippen LogP contribution in [0.2, 0.25) is 0 Å². The predicted molar refractivity (Wildman–Crippen MR) is 60.0 cm³/mol. The number of hydrogen-bond donors (Lipinski definition) is 3. The van der Waals surface area contributed by atoms with Gasteiger partial charge in [-0.1, -0.05) is 6.92 Å². The molecule has 0 aromatic heterocycles. The van der Waals surface area contributed by atoms with Crippen molar-refractivity contribution < 1.29 is 15.0 Å². The summed E-state index contributed by atoms with van der Waals surface area (Å²) in [6, 6.07) is 0.130. The van der Waals surface area contributed by atoms with E-state index in [2.05, 4.69) is 5.32 Å². The summed E-state index contributed by atoms with van der Waals surface area (Å²) in [5.41, 5.74) is 0. The minimum Gasteiger partial charge on any atom is -0.481 e. The van der Waals surface area contributed by atoms with Gasteiger partial charge in [0.1, 0.15) is 0 Å². The number of aliphatic carboxylic acids is 1. The summed E-state index contributed by atoms with van der Waals surface area (Å²) in [7, 11) is 0. The lowest BCUT2D eigenvalue weighted by Crippen LogP contribution is -2.45. The fraction of sp³-hybridized carbons (Fsp3) is 0.917. The second-order valence-electron chi connectivity index (χ2n) is 5.42. The number of aliphatic hydroxyl groups is 1. The molecule has 3 N–H and O–H groups in total. The number of rotatable bonds is 5. The van der Waals surface area contributed by atoms with Gasteiger partial charge in [0.2, 0.25) is 0 Å². The van der Waals surface area contributed by atoms with Crippen LogP contribution in [0.1, 0.15) is 26.2 Å². The van der Waals surface area contributed by atoms with Gasteiger partial charge < -0.3 is 15.5 Å². The van der Waals surface area contributed by atoms with E-state index in [1.165, 1.54) is 6.42 Å². The molecule has 16 heavy (non-hydrogen) atoms. The molecule has 4 heteroatoms. The Morgan fingerprint density at radius 2 is 2.12 bits per heavy atom. The smallest absolute Gasteiger partial charge is 0.308 e. The van der Waals surface area contributed by atoms with E-state index in [0.29, 0.717) is 18.4 Å². The first-order chi connectivity index (χ1) is 7.63. The molecular weight excluding hydrogens is 206 g/mol. The van der Waals surface area contributed by atoms with Gasteiger partial charge in [-0.15, -0.1) is 0 Å². The lowest BCUT2D eigenvalue weighted by atomic mass is 9.84. The molecular formula is C12H21NO3. The van der Waals surface area contributed by atoms with Crippen molar-refractivity contribution in [1.82, 2.24) is 5.32 Å². The number of fused-ring (bicyclic) bond motifs is 2. The van der Waals surface area contributed by atoms with Gasteiger partial charge in [0.25, 0.3) is 0 Å². The maximum absolute atomic E-state index is 11.2. The molecule has 0 radical (unpaired) electrons. The maximum Gasteiger partial charge on any atom is 0.308 e. The third-order valence-corrected chi connectivity index (χ3v) is 4.22. The molecule has 4 nitrogen and oxygen atoms in total. The highest BCUT2D eigenvalue weighted by molar-refractivity contribution is 5.72. The van der Waals surface area contributed by atoms with Crippen molar-refractivity contribution in [3.63, 3.8) is 0 Å². The van der Waals surface area contributed by atoms with Crippen molar-refractivity contribution in [2.75, 3.05) is 13.2 Å². The lowest BCUT2D eigenvalue weighted by molar-refractivity contribution is -0.144. The minimum atomic E-state index is -0.652. The average Bonchev–Trinajstić information content (AvgIpc) is 2.84. The van der Waals surface area contributed by atoms with Crippen molar-refractivity contribution >= 4 is 5.97 Å². The minimum absolute atomic E-state index is 0.130. The van der Waals surface area contributed by atoms with Gasteiger partial charge in [0, 0.05) is 19.2 Å². The van der Waals surface area contributed by atoms with Crippen molar-refractivity contribution in [3.05, 3.63) is 0 Å². The molecule has 2 saturated carbocycles. The first kappa shape index (κ1) is 11.9. The second kappa shape index (κ2) is 4.72. The highest BCUT2D eigenvalue weighted by atomic mass is 16.4. The topological polar surface area (TPSA) is 69.6 Å². The maximum atomic E-state index is 11.2. The van der Waals surface area contributed by atoms with Crippen LogP contribution in [0.3, 0.4) is 0 Å². The number of carbonyl (C=O) groups is 1. The molecule has 0 aromatic carbocycles. The Kier molecular flexibility index (Phi) is 3.50. The summed E-state index contributed by atoms with van der Waals surface area (Å²) in [4.78, 5) is 11.2. The van der Waals surface area contributed by atoms with Crippen LogP contribution in [0.5, 0.6) is 0 Å². The zero-order valence-corrected chi connectivity index (χ0v) is 9.72. The van der Waals surface area contributed by atoms with Crippen molar-refractivity contribution in [3.8, 4) is 0 Å². The molecule has 92 valence electrons. The quantitative estimate of drug-likeness (QED) is 0.647. The van der Waals surface area contributed by atoms with E-state index >= 15 is 0 Å². The summed E-state index contributed by atoms with van der Waals surface area (Å²) >= 11 is 0. The van der Waals surface area contributed by atoms with E-state index in [1.807, 2.05) is 6.92 Å². The summed E-state index contributed by atoms with van der Waals surface area (Å²) in [6.07, 6.45) is 3.32. The molecule has 0 heterocycles. The highest BCUT2D eigenvalue weighted by Crippen LogP contribution is 2.48. The average molecular weight is 227 g/mol. The van der Waals surface area contributed by atoms with E-state index in [4.69, 9.17) is 5.11 Å². The number of carboxylic acid groups (broad SMARTS) is 1. The molecule has 2 bridgehead atoms. The monoisotopic (exact) mass is 227 g/mol. The molecule has 2 rings (SSSR count). The third kappa shape index (κ3) is 2.09. The lowest BCUT2D eigenvalue weighted by Gasteiger charge is -2.29.